The van der Waals surface area contributed by atoms with Gasteiger partial charge in [-0.25, -0.2) is 4.98 Å². The fourth-order valence-electron chi connectivity index (χ4n) is 3.24. The molecule has 6 heteroatoms. The molecule has 2 aromatic rings. The molecule has 1 aliphatic heterocycles. The topological polar surface area (TPSA) is 69.6 Å². The Balaban J connectivity index is 1.51. The predicted molar refractivity (Wildman–Crippen MR) is 96.2 cm³/mol. The van der Waals surface area contributed by atoms with Gasteiger partial charge < -0.3 is 14.9 Å². The van der Waals surface area contributed by atoms with Gasteiger partial charge >= 0.3 is 0 Å². The van der Waals surface area contributed by atoms with Gasteiger partial charge in [-0.05, 0) is 36.6 Å². The van der Waals surface area contributed by atoms with E-state index < -0.39 is 5.60 Å². The fourth-order valence-corrected chi connectivity index (χ4v) is 3.24. The number of nitrogens with zero attached hydrogens (tertiary/aromatic N) is 4. The largest absolute Gasteiger partial charge is 0.386 e. The van der Waals surface area contributed by atoms with E-state index >= 15 is 0 Å². The number of aromatic nitrogens is 2. The Morgan fingerprint density at radius 3 is 2.92 bits per heavy atom. The van der Waals surface area contributed by atoms with Crippen molar-refractivity contribution in [3.8, 4) is 0 Å². The summed E-state index contributed by atoms with van der Waals surface area (Å²) in [6.07, 6.45) is 6.96. The highest BCUT2D eigenvalue weighted by molar-refractivity contribution is 5.76. The number of carbonyl (C=O) groups is 1. The minimum Gasteiger partial charge on any atom is -0.386 e. The maximum Gasteiger partial charge on any atom is 0.222 e. The lowest BCUT2D eigenvalue weighted by Gasteiger charge is -2.29. The van der Waals surface area contributed by atoms with E-state index in [9.17, 15) is 9.90 Å². The lowest BCUT2D eigenvalue weighted by Crippen LogP contribution is -2.46. The summed E-state index contributed by atoms with van der Waals surface area (Å²) < 4.78 is 0. The molecule has 0 spiro atoms. The second kappa shape index (κ2) is 7.61. The first-order valence-corrected chi connectivity index (χ1v) is 8.57. The molecule has 1 unspecified atom stereocenters. The number of aryl methyl sites for hydroxylation is 1. The molecular weight excluding hydrogens is 316 g/mol. The normalized spacial score (nSPS) is 19.8. The van der Waals surface area contributed by atoms with Crippen LogP contribution in [0, 0.1) is 0 Å². The number of aliphatic hydroxyl groups is 1. The van der Waals surface area contributed by atoms with Crippen molar-refractivity contribution in [3.05, 3.63) is 54.5 Å². The van der Waals surface area contributed by atoms with Crippen molar-refractivity contribution in [1.29, 1.82) is 0 Å². The Bertz CT molecular complexity index is 695. The van der Waals surface area contributed by atoms with Crippen LogP contribution in [0.2, 0.25) is 0 Å². The maximum absolute atomic E-state index is 12.4. The number of amides is 1. The molecule has 0 aliphatic carbocycles. The molecular formula is C19H24N4O2. The molecule has 2 aromatic heterocycles. The van der Waals surface area contributed by atoms with Crippen LogP contribution in [0.5, 0.6) is 0 Å². The molecule has 6 nitrogen and oxygen atoms in total. The molecule has 1 saturated heterocycles. The number of carbonyl (C=O) groups excluding carboxylic acids is 1. The van der Waals surface area contributed by atoms with Gasteiger partial charge in [0.1, 0.15) is 11.4 Å². The summed E-state index contributed by atoms with van der Waals surface area (Å²) in [4.78, 5) is 24.5. The van der Waals surface area contributed by atoms with Gasteiger partial charge in [-0.3, -0.25) is 9.78 Å². The number of anilines is 1. The van der Waals surface area contributed by atoms with Crippen LogP contribution in [0.25, 0.3) is 0 Å². The Labute approximate surface area is 148 Å². The van der Waals surface area contributed by atoms with Crippen LogP contribution in [-0.4, -0.2) is 58.2 Å². The second-order valence-electron chi connectivity index (χ2n) is 6.69. The molecule has 0 saturated carbocycles. The Morgan fingerprint density at radius 2 is 2.20 bits per heavy atom. The van der Waals surface area contributed by atoms with Crippen LogP contribution >= 0.6 is 0 Å². The maximum atomic E-state index is 12.4. The highest BCUT2D eigenvalue weighted by Crippen LogP contribution is 2.26. The van der Waals surface area contributed by atoms with Crippen LogP contribution in [0.3, 0.4) is 0 Å². The van der Waals surface area contributed by atoms with Crippen molar-refractivity contribution < 1.29 is 9.90 Å². The molecule has 0 bridgehead atoms. The van der Waals surface area contributed by atoms with E-state index in [0.29, 0.717) is 32.4 Å². The molecule has 25 heavy (non-hydrogen) atoms. The van der Waals surface area contributed by atoms with Gasteiger partial charge in [0.15, 0.2) is 0 Å². The molecule has 3 rings (SSSR count). The number of rotatable bonds is 6. The van der Waals surface area contributed by atoms with E-state index in [-0.39, 0.29) is 5.91 Å². The van der Waals surface area contributed by atoms with Gasteiger partial charge in [0, 0.05) is 45.1 Å². The average molecular weight is 340 g/mol. The summed E-state index contributed by atoms with van der Waals surface area (Å²) in [5.74, 6) is 0.901. The van der Waals surface area contributed by atoms with Crippen LogP contribution in [0.1, 0.15) is 18.4 Å². The lowest BCUT2D eigenvalue weighted by atomic mass is 10.0. The first-order valence-electron chi connectivity index (χ1n) is 8.57. The fraction of sp³-hybridized carbons (Fsp3) is 0.421. The first-order chi connectivity index (χ1) is 12.1. The van der Waals surface area contributed by atoms with E-state index in [4.69, 9.17) is 0 Å². The van der Waals surface area contributed by atoms with Crippen molar-refractivity contribution in [3.63, 3.8) is 0 Å². The third-order valence-corrected chi connectivity index (χ3v) is 4.61. The lowest BCUT2D eigenvalue weighted by molar-refractivity contribution is -0.132. The van der Waals surface area contributed by atoms with Gasteiger partial charge in [-0.15, -0.1) is 0 Å². The number of β-amino-alcohol motifs (C(OH)–C–C–N with tert-alkyl or cyclic N) is 1. The summed E-state index contributed by atoms with van der Waals surface area (Å²) in [5.41, 5.74) is 0.154. The highest BCUT2D eigenvalue weighted by atomic mass is 16.3. The van der Waals surface area contributed by atoms with Crippen molar-refractivity contribution in [1.82, 2.24) is 14.9 Å². The van der Waals surface area contributed by atoms with E-state index in [1.54, 1.807) is 30.5 Å². The van der Waals surface area contributed by atoms with Gasteiger partial charge in [0.25, 0.3) is 0 Å². The molecule has 132 valence electrons. The zero-order valence-corrected chi connectivity index (χ0v) is 14.5. The number of likely N-dealkylation sites (N-methyl/N-ethyl adjacent to an activating group) is 1. The third kappa shape index (κ3) is 4.54. The standard InChI is InChI=1S/C19H24N4O2/c1-22(18(24)8-7-16-5-4-10-20-13-16)14-19(25)9-12-23(15-19)17-6-2-3-11-21-17/h2-6,10-11,13,25H,7-9,12,14-15H2,1H3. The van der Waals surface area contributed by atoms with Crippen molar-refractivity contribution in [2.75, 3.05) is 31.6 Å². The van der Waals surface area contributed by atoms with E-state index in [1.165, 1.54) is 0 Å². The summed E-state index contributed by atoms with van der Waals surface area (Å²) >= 11 is 0. The third-order valence-electron chi connectivity index (χ3n) is 4.61. The summed E-state index contributed by atoms with van der Waals surface area (Å²) in [6.45, 7) is 1.57. The van der Waals surface area contributed by atoms with Gasteiger partial charge in [0.05, 0.1) is 6.54 Å². The monoisotopic (exact) mass is 340 g/mol. The molecule has 1 N–H and O–H groups in total. The average Bonchev–Trinajstić information content (AvgIpc) is 3.03. The molecule has 3 heterocycles. The summed E-state index contributed by atoms with van der Waals surface area (Å²) in [7, 11) is 1.76. The van der Waals surface area contributed by atoms with Crippen LogP contribution < -0.4 is 4.90 Å². The molecule has 0 radical (unpaired) electrons. The predicted octanol–water partition coefficient (Wildman–Crippen LogP) is 1.51. The highest BCUT2D eigenvalue weighted by Gasteiger charge is 2.38. The van der Waals surface area contributed by atoms with Gasteiger partial charge in [0.2, 0.25) is 5.91 Å². The zero-order valence-electron chi connectivity index (χ0n) is 14.5. The minimum atomic E-state index is -0.893. The SMILES string of the molecule is CN(CC1(O)CCN(c2ccccn2)C1)C(=O)CCc1cccnc1. The Morgan fingerprint density at radius 1 is 1.32 bits per heavy atom. The molecule has 1 atom stereocenters. The van der Waals surface area contributed by atoms with Gasteiger partial charge in [-0.2, -0.15) is 0 Å². The summed E-state index contributed by atoms with van der Waals surface area (Å²) in [6, 6.07) is 9.59. The Hall–Kier alpha value is -2.47. The van der Waals surface area contributed by atoms with Crippen LogP contribution in [0.4, 0.5) is 5.82 Å². The van der Waals surface area contributed by atoms with E-state index in [2.05, 4.69) is 14.9 Å². The van der Waals surface area contributed by atoms with Crippen molar-refractivity contribution in [2.45, 2.75) is 24.9 Å². The van der Waals surface area contributed by atoms with Crippen LogP contribution in [0.15, 0.2) is 48.9 Å². The van der Waals surface area contributed by atoms with Crippen molar-refractivity contribution in [2.24, 2.45) is 0 Å². The van der Waals surface area contributed by atoms with Crippen molar-refractivity contribution >= 4 is 11.7 Å². The minimum absolute atomic E-state index is 0.0357. The number of hydrogen-bond donors (Lipinski definition) is 1. The van der Waals surface area contributed by atoms with Crippen LogP contribution in [-0.2, 0) is 11.2 Å². The molecule has 0 aromatic carbocycles. The smallest absolute Gasteiger partial charge is 0.222 e. The summed E-state index contributed by atoms with van der Waals surface area (Å²) in [5, 5.41) is 10.9. The zero-order chi connectivity index (χ0) is 17.7. The molecule has 1 amide bonds. The number of hydrogen-bond acceptors (Lipinski definition) is 5. The second-order valence-corrected chi connectivity index (χ2v) is 6.69. The Kier molecular flexibility index (Phi) is 5.28. The van der Waals surface area contributed by atoms with E-state index in [0.717, 1.165) is 17.9 Å². The first kappa shape index (κ1) is 17.4. The van der Waals surface area contributed by atoms with E-state index in [1.807, 2.05) is 30.3 Å². The number of pyridine rings is 2. The van der Waals surface area contributed by atoms with Gasteiger partial charge in [-0.1, -0.05) is 12.1 Å². The molecule has 1 aliphatic rings. The quantitative estimate of drug-likeness (QED) is 0.863. The molecule has 1 fully saturated rings.